The minimum Gasteiger partial charge on any atom is -0.481 e. The third kappa shape index (κ3) is 3.95. The Bertz CT molecular complexity index is 718. The van der Waals surface area contributed by atoms with Gasteiger partial charge in [-0.25, -0.2) is 0 Å². The summed E-state index contributed by atoms with van der Waals surface area (Å²) in [6.45, 7) is 0.462. The van der Waals surface area contributed by atoms with Crippen LogP contribution in [0.3, 0.4) is 0 Å². The first-order valence-electron chi connectivity index (χ1n) is 5.94. The standard InChI is InChI=1S/C14H11ClN2O3S/c15-11-3-4-12(17(18)19)13(8-11)20-9-14-10(2-1-6-16)5-7-21-14/h3-5,7-8H,6,9,16H2. The number of nitro benzene ring substituents is 1. The second-order valence-corrected chi connectivity index (χ2v) is 5.36. The van der Waals surface area contributed by atoms with E-state index in [9.17, 15) is 10.1 Å². The van der Waals surface area contributed by atoms with Gasteiger partial charge in [0.15, 0.2) is 5.75 Å². The first-order chi connectivity index (χ1) is 10.1. The van der Waals surface area contributed by atoms with Gasteiger partial charge < -0.3 is 10.5 Å². The monoisotopic (exact) mass is 322 g/mol. The van der Waals surface area contributed by atoms with Crippen LogP contribution in [0.15, 0.2) is 29.6 Å². The minimum absolute atomic E-state index is 0.120. The molecule has 0 aliphatic rings. The highest BCUT2D eigenvalue weighted by atomic mass is 35.5. The lowest BCUT2D eigenvalue weighted by Crippen LogP contribution is -1.99. The Kier molecular flexibility index (Phi) is 5.17. The summed E-state index contributed by atoms with van der Waals surface area (Å²) >= 11 is 7.31. The minimum atomic E-state index is -0.505. The van der Waals surface area contributed by atoms with E-state index in [1.54, 1.807) is 0 Å². The molecule has 0 atom stereocenters. The topological polar surface area (TPSA) is 78.4 Å². The van der Waals surface area contributed by atoms with Crippen molar-refractivity contribution >= 4 is 28.6 Å². The average molecular weight is 323 g/mol. The van der Waals surface area contributed by atoms with Crippen molar-refractivity contribution in [2.45, 2.75) is 6.61 Å². The summed E-state index contributed by atoms with van der Waals surface area (Å²) in [5.41, 5.74) is 6.03. The molecule has 0 bridgehead atoms. The zero-order chi connectivity index (χ0) is 15.2. The van der Waals surface area contributed by atoms with E-state index >= 15 is 0 Å². The third-order valence-corrected chi connectivity index (χ3v) is 3.68. The summed E-state index contributed by atoms with van der Waals surface area (Å²) in [4.78, 5) is 11.3. The van der Waals surface area contributed by atoms with Gasteiger partial charge in [-0.2, -0.15) is 0 Å². The van der Waals surface area contributed by atoms with Crippen LogP contribution in [0.2, 0.25) is 5.02 Å². The molecule has 108 valence electrons. The van der Waals surface area contributed by atoms with E-state index in [-0.39, 0.29) is 24.6 Å². The Morgan fingerprint density at radius 1 is 1.43 bits per heavy atom. The Hall–Kier alpha value is -2.07. The zero-order valence-electron chi connectivity index (χ0n) is 10.8. The van der Waals surface area contributed by atoms with Crippen LogP contribution < -0.4 is 10.5 Å². The van der Waals surface area contributed by atoms with Gasteiger partial charge in [0.25, 0.3) is 0 Å². The Labute approximate surface area is 130 Å². The maximum Gasteiger partial charge on any atom is 0.311 e. The summed E-state index contributed by atoms with van der Waals surface area (Å²) < 4.78 is 5.53. The van der Waals surface area contributed by atoms with Crippen LogP contribution in [0.5, 0.6) is 5.75 Å². The average Bonchev–Trinajstić information content (AvgIpc) is 2.90. The molecule has 0 fully saturated rings. The fraction of sp³-hybridized carbons (Fsp3) is 0.143. The lowest BCUT2D eigenvalue weighted by atomic mass is 10.2. The first-order valence-corrected chi connectivity index (χ1v) is 7.19. The largest absolute Gasteiger partial charge is 0.481 e. The van der Waals surface area contributed by atoms with Crippen LogP contribution in [0.4, 0.5) is 5.69 Å². The molecule has 0 saturated carbocycles. The van der Waals surface area contributed by atoms with E-state index in [1.165, 1.54) is 29.5 Å². The molecule has 0 spiro atoms. The molecule has 2 rings (SSSR count). The van der Waals surface area contributed by atoms with Gasteiger partial charge in [-0.15, -0.1) is 11.3 Å². The van der Waals surface area contributed by atoms with E-state index in [1.807, 2.05) is 11.4 Å². The molecule has 1 heterocycles. The highest BCUT2D eigenvalue weighted by Gasteiger charge is 2.16. The van der Waals surface area contributed by atoms with Crippen molar-refractivity contribution < 1.29 is 9.66 Å². The van der Waals surface area contributed by atoms with Gasteiger partial charge in [-0.1, -0.05) is 23.4 Å². The van der Waals surface area contributed by atoms with E-state index in [0.717, 1.165) is 10.4 Å². The third-order valence-electron chi connectivity index (χ3n) is 2.55. The molecular formula is C14H11ClN2O3S. The van der Waals surface area contributed by atoms with Gasteiger partial charge in [0, 0.05) is 22.7 Å². The SMILES string of the molecule is NCC#Cc1ccsc1COc1cc(Cl)ccc1[N+](=O)[O-]. The van der Waals surface area contributed by atoms with Gasteiger partial charge in [-0.3, -0.25) is 10.1 Å². The molecular weight excluding hydrogens is 312 g/mol. The zero-order valence-corrected chi connectivity index (χ0v) is 12.4. The summed E-state index contributed by atoms with van der Waals surface area (Å²) in [6, 6.07) is 6.06. The molecule has 21 heavy (non-hydrogen) atoms. The maximum atomic E-state index is 11.0. The molecule has 2 aromatic rings. The summed E-state index contributed by atoms with van der Waals surface area (Å²) in [7, 11) is 0. The number of hydrogen-bond donors (Lipinski definition) is 1. The van der Waals surface area contributed by atoms with Crippen molar-refractivity contribution in [1.29, 1.82) is 0 Å². The van der Waals surface area contributed by atoms with Gasteiger partial charge in [0.05, 0.1) is 16.3 Å². The van der Waals surface area contributed by atoms with Crippen LogP contribution in [0.25, 0.3) is 0 Å². The molecule has 2 N–H and O–H groups in total. The molecule has 0 saturated heterocycles. The van der Waals surface area contributed by atoms with Crippen molar-refractivity contribution in [3.05, 3.63) is 55.2 Å². The predicted molar refractivity (Wildman–Crippen MR) is 82.7 cm³/mol. The molecule has 0 amide bonds. The highest BCUT2D eigenvalue weighted by Crippen LogP contribution is 2.31. The van der Waals surface area contributed by atoms with Gasteiger partial charge in [-0.05, 0) is 17.5 Å². The normalized spacial score (nSPS) is 9.81. The van der Waals surface area contributed by atoms with E-state index in [0.29, 0.717) is 5.02 Å². The highest BCUT2D eigenvalue weighted by molar-refractivity contribution is 7.10. The molecule has 7 heteroatoms. The second-order valence-electron chi connectivity index (χ2n) is 3.92. The number of nitro groups is 1. The van der Waals surface area contributed by atoms with Crippen LogP contribution in [-0.4, -0.2) is 11.5 Å². The van der Waals surface area contributed by atoms with Gasteiger partial charge >= 0.3 is 5.69 Å². The van der Waals surface area contributed by atoms with Crippen LogP contribution in [-0.2, 0) is 6.61 Å². The number of ether oxygens (including phenoxy) is 1. The van der Waals surface area contributed by atoms with Crippen molar-refractivity contribution in [2.75, 3.05) is 6.54 Å². The number of benzene rings is 1. The maximum absolute atomic E-state index is 11.0. The molecule has 1 aromatic heterocycles. The molecule has 1 aromatic carbocycles. The number of thiophene rings is 1. The molecule has 0 radical (unpaired) electrons. The van der Waals surface area contributed by atoms with Crippen molar-refractivity contribution in [3.8, 4) is 17.6 Å². The van der Waals surface area contributed by atoms with Crippen molar-refractivity contribution in [3.63, 3.8) is 0 Å². The second kappa shape index (κ2) is 7.09. The van der Waals surface area contributed by atoms with Gasteiger partial charge in [0.2, 0.25) is 0 Å². The van der Waals surface area contributed by atoms with Gasteiger partial charge in [0.1, 0.15) is 6.61 Å². The number of nitrogens with two attached hydrogens (primary N) is 1. The predicted octanol–water partition coefficient (Wildman–Crippen LogP) is 3.20. The van der Waals surface area contributed by atoms with E-state index < -0.39 is 4.92 Å². The lowest BCUT2D eigenvalue weighted by Gasteiger charge is -2.06. The first kappa shape index (κ1) is 15.3. The Balaban J connectivity index is 2.19. The van der Waals surface area contributed by atoms with Crippen LogP contribution in [0.1, 0.15) is 10.4 Å². The summed E-state index contributed by atoms with van der Waals surface area (Å²) in [5, 5.41) is 13.2. The lowest BCUT2D eigenvalue weighted by molar-refractivity contribution is -0.385. The number of nitrogens with zero attached hydrogens (tertiary/aromatic N) is 1. The van der Waals surface area contributed by atoms with E-state index in [4.69, 9.17) is 22.1 Å². The fourth-order valence-corrected chi connectivity index (χ4v) is 2.51. The number of hydrogen-bond acceptors (Lipinski definition) is 5. The van der Waals surface area contributed by atoms with Crippen LogP contribution in [0, 0.1) is 22.0 Å². The fourth-order valence-electron chi connectivity index (χ4n) is 1.61. The van der Waals surface area contributed by atoms with Crippen LogP contribution >= 0.6 is 22.9 Å². The quantitative estimate of drug-likeness (QED) is 0.532. The smallest absolute Gasteiger partial charge is 0.311 e. The molecule has 0 aliphatic carbocycles. The molecule has 5 nitrogen and oxygen atoms in total. The number of halogens is 1. The Morgan fingerprint density at radius 3 is 2.95 bits per heavy atom. The summed E-state index contributed by atoms with van der Waals surface area (Å²) in [6.07, 6.45) is 0. The Morgan fingerprint density at radius 2 is 2.24 bits per heavy atom. The molecule has 0 unspecified atom stereocenters. The van der Waals surface area contributed by atoms with Crippen molar-refractivity contribution in [2.24, 2.45) is 5.73 Å². The summed E-state index contributed by atoms with van der Waals surface area (Å²) in [5.74, 6) is 5.84. The van der Waals surface area contributed by atoms with E-state index in [2.05, 4.69) is 11.8 Å². The number of rotatable bonds is 4. The molecule has 0 aliphatic heterocycles. The van der Waals surface area contributed by atoms with Crippen molar-refractivity contribution in [1.82, 2.24) is 0 Å².